The number of fused-ring (bicyclic) bond motifs is 1. The van der Waals surface area contributed by atoms with Gasteiger partial charge in [-0.2, -0.15) is 0 Å². The summed E-state index contributed by atoms with van der Waals surface area (Å²) in [4.78, 5) is 14.3. The first kappa shape index (κ1) is 22.2. The van der Waals surface area contributed by atoms with Crippen LogP contribution in [0.4, 0.5) is 5.69 Å². The fourth-order valence-corrected chi connectivity index (χ4v) is 5.48. The highest BCUT2D eigenvalue weighted by atomic mass is 15.4. The molecule has 35 heavy (non-hydrogen) atoms. The van der Waals surface area contributed by atoms with E-state index in [4.69, 9.17) is 4.98 Å². The summed E-state index contributed by atoms with van der Waals surface area (Å²) in [5.74, 6) is 0. The van der Waals surface area contributed by atoms with Gasteiger partial charge in [0.1, 0.15) is 11.3 Å². The highest BCUT2D eigenvalue weighted by Gasteiger charge is 2.29. The maximum Gasteiger partial charge on any atom is 0.137 e. The average molecular weight is 471 g/mol. The number of anilines is 1. The SMILES string of the molecule is CC1(C)CCCCN1Cc1ccc2nc(Cn3cc(-c4cncc(N5CCCC5)c4)nn3)cn2c1. The molecule has 0 aromatic carbocycles. The molecule has 0 aliphatic carbocycles. The van der Waals surface area contributed by atoms with Crippen LogP contribution in [0, 0.1) is 0 Å². The second-order valence-corrected chi connectivity index (χ2v) is 10.7. The first-order valence-electron chi connectivity index (χ1n) is 12.9. The number of likely N-dealkylation sites (tertiary alicyclic amines) is 1. The zero-order valence-corrected chi connectivity index (χ0v) is 20.8. The predicted molar refractivity (Wildman–Crippen MR) is 137 cm³/mol. The van der Waals surface area contributed by atoms with Crippen molar-refractivity contribution in [2.75, 3.05) is 24.5 Å². The Morgan fingerprint density at radius 3 is 2.63 bits per heavy atom. The summed E-state index contributed by atoms with van der Waals surface area (Å²) in [5.41, 5.74) is 6.53. The molecular weight excluding hydrogens is 436 g/mol. The van der Waals surface area contributed by atoms with Gasteiger partial charge in [-0.05, 0) is 63.8 Å². The van der Waals surface area contributed by atoms with Crippen LogP contribution in [0.15, 0.2) is 49.2 Å². The molecule has 6 rings (SSSR count). The fourth-order valence-electron chi connectivity index (χ4n) is 5.48. The Bertz CT molecular complexity index is 1310. The molecule has 6 heterocycles. The average Bonchev–Trinajstić information content (AvgIpc) is 3.61. The Morgan fingerprint density at radius 2 is 1.77 bits per heavy atom. The number of rotatable bonds is 6. The molecule has 2 saturated heterocycles. The molecule has 8 nitrogen and oxygen atoms in total. The molecule has 182 valence electrons. The van der Waals surface area contributed by atoms with Gasteiger partial charge < -0.3 is 9.30 Å². The maximum absolute atomic E-state index is 4.81. The van der Waals surface area contributed by atoms with E-state index >= 15 is 0 Å². The zero-order valence-electron chi connectivity index (χ0n) is 20.8. The maximum atomic E-state index is 4.81. The quantitative estimate of drug-likeness (QED) is 0.416. The van der Waals surface area contributed by atoms with Crippen molar-refractivity contribution >= 4 is 11.3 Å². The van der Waals surface area contributed by atoms with Gasteiger partial charge in [0, 0.05) is 49.3 Å². The Balaban J connectivity index is 1.17. The predicted octanol–water partition coefficient (Wildman–Crippen LogP) is 4.40. The molecule has 0 N–H and O–H groups in total. The number of pyridine rings is 2. The lowest BCUT2D eigenvalue weighted by Gasteiger charge is -2.42. The lowest BCUT2D eigenvalue weighted by Crippen LogP contribution is -2.46. The second kappa shape index (κ2) is 9.07. The zero-order chi connectivity index (χ0) is 23.8. The third kappa shape index (κ3) is 4.67. The van der Waals surface area contributed by atoms with Crippen LogP contribution in [-0.2, 0) is 13.1 Å². The van der Waals surface area contributed by atoms with Crippen LogP contribution < -0.4 is 4.90 Å². The van der Waals surface area contributed by atoms with Crippen molar-refractivity contribution in [3.63, 3.8) is 0 Å². The lowest BCUT2D eigenvalue weighted by molar-refractivity contribution is 0.0691. The van der Waals surface area contributed by atoms with E-state index in [1.165, 1.54) is 49.9 Å². The van der Waals surface area contributed by atoms with Gasteiger partial charge in [0.05, 0.1) is 30.3 Å². The van der Waals surface area contributed by atoms with Gasteiger partial charge in [-0.3, -0.25) is 9.88 Å². The molecule has 4 aromatic rings. The molecule has 8 heteroatoms. The molecule has 2 aliphatic heterocycles. The van der Waals surface area contributed by atoms with Crippen molar-refractivity contribution in [1.82, 2.24) is 34.3 Å². The summed E-state index contributed by atoms with van der Waals surface area (Å²) in [6.07, 6.45) is 16.5. The first-order chi connectivity index (χ1) is 17.0. The van der Waals surface area contributed by atoms with E-state index in [1.807, 2.05) is 23.3 Å². The summed E-state index contributed by atoms with van der Waals surface area (Å²) >= 11 is 0. The molecule has 0 spiro atoms. The van der Waals surface area contributed by atoms with Gasteiger partial charge in [-0.15, -0.1) is 5.10 Å². The molecular formula is C27H34N8. The number of nitrogens with zero attached hydrogens (tertiary/aromatic N) is 8. The van der Waals surface area contributed by atoms with Crippen LogP contribution in [0.25, 0.3) is 16.9 Å². The molecule has 0 bridgehead atoms. The number of piperidine rings is 1. The van der Waals surface area contributed by atoms with E-state index < -0.39 is 0 Å². The van der Waals surface area contributed by atoms with Crippen molar-refractivity contribution in [3.05, 3.63) is 60.4 Å². The van der Waals surface area contributed by atoms with Crippen molar-refractivity contribution in [1.29, 1.82) is 0 Å². The van der Waals surface area contributed by atoms with E-state index in [-0.39, 0.29) is 5.54 Å². The summed E-state index contributed by atoms with van der Waals surface area (Å²) in [7, 11) is 0. The normalized spacial score (nSPS) is 18.5. The van der Waals surface area contributed by atoms with Crippen LogP contribution in [-0.4, -0.2) is 59.4 Å². The standard InChI is InChI=1S/C27H34N8/c1-27(2)9-3-4-12-34(27)17-21-7-8-26-29-23(18-33(26)16-21)19-35-20-25(30-31-35)22-13-24(15-28-14-22)32-10-5-6-11-32/h7-8,13-16,18,20H,3-6,9-12,17,19H2,1-2H3. The van der Waals surface area contributed by atoms with Crippen LogP contribution in [0.2, 0.25) is 0 Å². The van der Waals surface area contributed by atoms with Crippen molar-refractivity contribution < 1.29 is 0 Å². The Kier molecular flexibility index (Phi) is 5.76. The summed E-state index contributed by atoms with van der Waals surface area (Å²) in [6, 6.07) is 6.51. The Labute approximate surface area is 206 Å². The van der Waals surface area contributed by atoms with E-state index in [9.17, 15) is 0 Å². The van der Waals surface area contributed by atoms with Gasteiger partial charge in [0.25, 0.3) is 0 Å². The van der Waals surface area contributed by atoms with Gasteiger partial charge in [-0.25, -0.2) is 9.67 Å². The van der Waals surface area contributed by atoms with Crippen molar-refractivity contribution in [2.24, 2.45) is 0 Å². The number of aromatic nitrogens is 6. The molecule has 0 atom stereocenters. The number of imidazole rings is 1. The van der Waals surface area contributed by atoms with E-state index in [2.05, 4.69) is 73.9 Å². The largest absolute Gasteiger partial charge is 0.370 e. The van der Waals surface area contributed by atoms with Gasteiger partial charge in [0.15, 0.2) is 0 Å². The topological polar surface area (TPSA) is 67.4 Å². The van der Waals surface area contributed by atoms with Crippen molar-refractivity contribution in [2.45, 2.75) is 64.6 Å². The minimum absolute atomic E-state index is 0.265. The molecule has 2 fully saturated rings. The van der Waals surface area contributed by atoms with E-state index in [0.29, 0.717) is 6.54 Å². The molecule has 4 aromatic heterocycles. The Hall–Kier alpha value is -3.26. The fraction of sp³-hybridized carbons (Fsp3) is 0.481. The highest BCUT2D eigenvalue weighted by Crippen LogP contribution is 2.29. The molecule has 0 radical (unpaired) electrons. The molecule has 0 amide bonds. The first-order valence-corrected chi connectivity index (χ1v) is 12.9. The van der Waals surface area contributed by atoms with Crippen LogP contribution in [0.1, 0.15) is 57.2 Å². The lowest BCUT2D eigenvalue weighted by atomic mass is 9.90. The van der Waals surface area contributed by atoms with E-state index in [0.717, 1.165) is 42.2 Å². The molecule has 2 aliphatic rings. The van der Waals surface area contributed by atoms with Gasteiger partial charge in [0.2, 0.25) is 0 Å². The van der Waals surface area contributed by atoms with E-state index in [1.54, 1.807) is 0 Å². The number of hydrogen-bond donors (Lipinski definition) is 0. The van der Waals surface area contributed by atoms with Gasteiger partial charge >= 0.3 is 0 Å². The smallest absolute Gasteiger partial charge is 0.137 e. The number of hydrogen-bond acceptors (Lipinski definition) is 6. The van der Waals surface area contributed by atoms with Gasteiger partial charge in [-0.1, -0.05) is 17.7 Å². The monoisotopic (exact) mass is 470 g/mol. The Morgan fingerprint density at radius 1 is 0.914 bits per heavy atom. The molecule has 0 unspecified atom stereocenters. The second-order valence-electron chi connectivity index (χ2n) is 10.7. The summed E-state index contributed by atoms with van der Waals surface area (Å²) < 4.78 is 4.00. The van der Waals surface area contributed by atoms with Crippen LogP contribution >= 0.6 is 0 Å². The minimum atomic E-state index is 0.265. The summed E-state index contributed by atoms with van der Waals surface area (Å²) in [5, 5.41) is 8.78. The summed E-state index contributed by atoms with van der Waals surface area (Å²) in [6.45, 7) is 9.67. The van der Waals surface area contributed by atoms with Crippen LogP contribution in [0.3, 0.4) is 0 Å². The molecule has 0 saturated carbocycles. The highest BCUT2D eigenvalue weighted by molar-refractivity contribution is 5.63. The third-order valence-electron chi connectivity index (χ3n) is 7.61. The third-order valence-corrected chi connectivity index (χ3v) is 7.61. The van der Waals surface area contributed by atoms with Crippen LogP contribution in [0.5, 0.6) is 0 Å². The minimum Gasteiger partial charge on any atom is -0.370 e. The van der Waals surface area contributed by atoms with Crippen molar-refractivity contribution in [3.8, 4) is 11.3 Å².